The first-order chi connectivity index (χ1) is 13.5. The fraction of sp³-hybridized carbons (Fsp3) is 0.400. The Morgan fingerprint density at radius 1 is 1.18 bits per heavy atom. The van der Waals surface area contributed by atoms with Crippen LogP contribution in [0.4, 0.5) is 0 Å². The highest BCUT2D eigenvalue weighted by Gasteiger charge is 2.18. The smallest absolute Gasteiger partial charge is 0.263 e. The first-order valence-corrected chi connectivity index (χ1v) is 11.6. The van der Waals surface area contributed by atoms with E-state index in [1.54, 1.807) is 0 Å². The summed E-state index contributed by atoms with van der Waals surface area (Å²) in [6.45, 7) is 3.41. The minimum atomic E-state index is 0.0123. The number of nitrogens with one attached hydrogen (secondary N) is 1. The second-order valence-electron chi connectivity index (χ2n) is 6.93. The number of halogens is 2. The highest BCUT2D eigenvalue weighted by atomic mass is 79.9. The zero-order chi connectivity index (χ0) is 20.1. The molecule has 0 fully saturated rings. The van der Waals surface area contributed by atoms with Crippen LogP contribution in [-0.4, -0.2) is 48.2 Å². The van der Waals surface area contributed by atoms with Crippen LogP contribution >= 0.6 is 43.2 Å². The number of aryl methyl sites for hydroxylation is 1. The Balaban J connectivity index is 1.84. The van der Waals surface area contributed by atoms with E-state index in [1.807, 2.05) is 34.9 Å². The molecule has 2 aromatic heterocycles. The van der Waals surface area contributed by atoms with Gasteiger partial charge >= 0.3 is 0 Å². The molecule has 0 spiro atoms. The average molecular weight is 528 g/mol. The van der Waals surface area contributed by atoms with Gasteiger partial charge in [0.05, 0.1) is 20.2 Å². The summed E-state index contributed by atoms with van der Waals surface area (Å²) in [5.41, 5.74) is 1.11. The molecule has 0 saturated carbocycles. The Morgan fingerprint density at radius 2 is 1.93 bits per heavy atom. The molecule has 5 nitrogen and oxygen atoms in total. The lowest BCUT2D eigenvalue weighted by Crippen LogP contribution is -2.28. The minimum Gasteiger partial charge on any atom is -0.315 e. The molecule has 1 N–H and O–H groups in total. The summed E-state index contributed by atoms with van der Waals surface area (Å²) in [5, 5.41) is 4.11. The first kappa shape index (κ1) is 21.6. The van der Waals surface area contributed by atoms with Gasteiger partial charge < -0.3 is 10.2 Å². The van der Waals surface area contributed by atoms with Crippen LogP contribution in [-0.2, 0) is 13.0 Å². The molecule has 2 heterocycles. The predicted molar refractivity (Wildman–Crippen MR) is 125 cm³/mol. The van der Waals surface area contributed by atoms with Gasteiger partial charge in [-0.2, -0.15) is 0 Å². The van der Waals surface area contributed by atoms with Crippen molar-refractivity contribution in [1.82, 2.24) is 19.8 Å². The number of thiophene rings is 1. The van der Waals surface area contributed by atoms with Gasteiger partial charge in [-0.15, -0.1) is 11.3 Å². The van der Waals surface area contributed by atoms with E-state index in [0.29, 0.717) is 11.9 Å². The maximum absolute atomic E-state index is 13.3. The van der Waals surface area contributed by atoms with E-state index in [9.17, 15) is 4.79 Å². The summed E-state index contributed by atoms with van der Waals surface area (Å²) >= 11 is 8.55. The lowest BCUT2D eigenvalue weighted by atomic mass is 10.2. The standard InChI is InChI=1S/C20H24Br2N4OS/c1-25(2)12-11-23-10-6-9-15-24-19-16(17(21)18(22)28-19)20(27)26(15)13-14-7-4-3-5-8-14/h3-5,7-8,23H,6,9-13H2,1-2H3. The number of rotatable bonds is 9. The van der Waals surface area contributed by atoms with E-state index in [1.165, 1.54) is 11.3 Å². The lowest BCUT2D eigenvalue weighted by molar-refractivity contribution is 0.399. The lowest BCUT2D eigenvalue weighted by Gasteiger charge is -2.13. The summed E-state index contributed by atoms with van der Waals surface area (Å²) in [7, 11) is 4.14. The van der Waals surface area contributed by atoms with Crippen molar-refractivity contribution in [3.63, 3.8) is 0 Å². The fourth-order valence-electron chi connectivity index (χ4n) is 2.99. The molecule has 0 aliphatic rings. The van der Waals surface area contributed by atoms with Crippen molar-refractivity contribution in [2.24, 2.45) is 0 Å². The molecule has 0 aliphatic carbocycles. The van der Waals surface area contributed by atoms with Crippen LogP contribution in [0, 0.1) is 0 Å². The Kier molecular flexibility index (Phi) is 7.82. The number of aromatic nitrogens is 2. The van der Waals surface area contributed by atoms with Crippen molar-refractivity contribution in [2.75, 3.05) is 33.7 Å². The molecule has 0 atom stereocenters. The van der Waals surface area contributed by atoms with Gasteiger partial charge in [0.2, 0.25) is 0 Å². The van der Waals surface area contributed by atoms with Gasteiger partial charge in [-0.05, 0) is 64.5 Å². The molecular formula is C20H24Br2N4OS. The van der Waals surface area contributed by atoms with E-state index in [-0.39, 0.29) is 5.56 Å². The molecule has 0 amide bonds. The van der Waals surface area contributed by atoms with Crippen molar-refractivity contribution in [3.05, 3.63) is 60.3 Å². The second kappa shape index (κ2) is 10.1. The van der Waals surface area contributed by atoms with Gasteiger partial charge in [0, 0.05) is 19.5 Å². The molecular weight excluding hydrogens is 504 g/mol. The van der Waals surface area contributed by atoms with Crippen LogP contribution in [0.1, 0.15) is 17.8 Å². The van der Waals surface area contributed by atoms with Crippen LogP contribution in [0.5, 0.6) is 0 Å². The molecule has 3 aromatic rings. The number of hydrogen-bond donors (Lipinski definition) is 1. The largest absolute Gasteiger partial charge is 0.315 e. The van der Waals surface area contributed by atoms with Gasteiger partial charge in [-0.1, -0.05) is 30.3 Å². The Labute approximate surface area is 186 Å². The fourth-order valence-corrected chi connectivity index (χ4v) is 5.18. The van der Waals surface area contributed by atoms with Crippen molar-refractivity contribution < 1.29 is 0 Å². The second-order valence-corrected chi connectivity index (χ2v) is 10.0. The van der Waals surface area contributed by atoms with E-state index in [4.69, 9.17) is 4.98 Å². The third-order valence-corrected chi connectivity index (χ3v) is 7.81. The normalized spacial score (nSPS) is 11.6. The highest BCUT2D eigenvalue weighted by Crippen LogP contribution is 2.36. The summed E-state index contributed by atoms with van der Waals surface area (Å²) < 4.78 is 3.52. The van der Waals surface area contributed by atoms with Gasteiger partial charge in [-0.3, -0.25) is 9.36 Å². The number of hydrogen-bond acceptors (Lipinski definition) is 5. The molecule has 150 valence electrons. The molecule has 28 heavy (non-hydrogen) atoms. The van der Waals surface area contributed by atoms with Crippen molar-refractivity contribution in [1.29, 1.82) is 0 Å². The topological polar surface area (TPSA) is 50.2 Å². The molecule has 3 rings (SSSR count). The molecule has 0 bridgehead atoms. The van der Waals surface area contributed by atoms with Crippen LogP contribution in [0.2, 0.25) is 0 Å². The molecule has 0 saturated heterocycles. The SMILES string of the molecule is CN(C)CCNCCCc1nc2sc(Br)c(Br)c2c(=O)n1Cc1ccccc1. The monoisotopic (exact) mass is 526 g/mol. The number of fused-ring (bicyclic) bond motifs is 1. The number of nitrogens with zero attached hydrogens (tertiary/aromatic N) is 3. The first-order valence-electron chi connectivity index (χ1n) is 9.24. The predicted octanol–water partition coefficient (Wildman–Crippen LogP) is 4.12. The van der Waals surface area contributed by atoms with Crippen molar-refractivity contribution in [3.8, 4) is 0 Å². The van der Waals surface area contributed by atoms with E-state index < -0.39 is 0 Å². The Bertz CT molecular complexity index is 985. The summed E-state index contributed by atoms with van der Waals surface area (Å²) in [6.07, 6.45) is 1.70. The summed E-state index contributed by atoms with van der Waals surface area (Å²) in [5.74, 6) is 0.844. The minimum absolute atomic E-state index is 0.0123. The maximum atomic E-state index is 13.3. The number of likely N-dealkylation sites (N-methyl/N-ethyl adjacent to an activating group) is 1. The van der Waals surface area contributed by atoms with Gasteiger partial charge in [0.25, 0.3) is 5.56 Å². The van der Waals surface area contributed by atoms with Crippen molar-refractivity contribution in [2.45, 2.75) is 19.4 Å². The third-order valence-electron chi connectivity index (χ3n) is 4.47. The van der Waals surface area contributed by atoms with Crippen LogP contribution < -0.4 is 10.9 Å². The van der Waals surface area contributed by atoms with Crippen LogP contribution in [0.25, 0.3) is 10.2 Å². The molecule has 0 unspecified atom stereocenters. The number of benzene rings is 1. The molecule has 0 aliphatic heterocycles. The zero-order valence-corrected chi connectivity index (χ0v) is 20.0. The third kappa shape index (κ3) is 5.30. The molecule has 1 aromatic carbocycles. The van der Waals surface area contributed by atoms with Crippen molar-refractivity contribution >= 4 is 53.4 Å². The van der Waals surface area contributed by atoms with Crippen LogP contribution in [0.3, 0.4) is 0 Å². The average Bonchev–Trinajstić information content (AvgIpc) is 2.95. The van der Waals surface area contributed by atoms with Gasteiger partial charge in [0.1, 0.15) is 10.7 Å². The molecule has 0 radical (unpaired) electrons. The Hall–Kier alpha value is -1.06. The summed E-state index contributed by atoms with van der Waals surface area (Å²) in [6, 6.07) is 10.1. The van der Waals surface area contributed by atoms with E-state index >= 15 is 0 Å². The quantitative estimate of drug-likeness (QED) is 0.425. The summed E-state index contributed by atoms with van der Waals surface area (Å²) in [4.78, 5) is 21.0. The maximum Gasteiger partial charge on any atom is 0.263 e. The van der Waals surface area contributed by atoms with Crippen LogP contribution in [0.15, 0.2) is 43.4 Å². The van der Waals surface area contributed by atoms with Gasteiger partial charge in [-0.25, -0.2) is 4.98 Å². The molecule has 8 heteroatoms. The zero-order valence-electron chi connectivity index (χ0n) is 16.0. The van der Waals surface area contributed by atoms with E-state index in [0.717, 1.165) is 57.0 Å². The van der Waals surface area contributed by atoms with E-state index in [2.05, 4.69) is 56.2 Å². The Morgan fingerprint density at radius 3 is 2.64 bits per heavy atom. The van der Waals surface area contributed by atoms with Gasteiger partial charge in [0.15, 0.2) is 0 Å². The highest BCUT2D eigenvalue weighted by molar-refractivity contribution is 9.13.